The zero-order chi connectivity index (χ0) is 15.5. The van der Waals surface area contributed by atoms with E-state index in [9.17, 15) is 0 Å². The van der Waals surface area contributed by atoms with Crippen LogP contribution in [-0.2, 0) is 11.3 Å². The maximum atomic E-state index is 5.65. The first-order chi connectivity index (χ1) is 10.6. The van der Waals surface area contributed by atoms with Crippen LogP contribution in [0.15, 0.2) is 24.8 Å². The van der Waals surface area contributed by atoms with Crippen LogP contribution < -0.4 is 5.32 Å². The summed E-state index contributed by atoms with van der Waals surface area (Å²) in [5.41, 5.74) is 2.21. The van der Waals surface area contributed by atoms with E-state index in [1.54, 1.807) is 0 Å². The van der Waals surface area contributed by atoms with Crippen molar-refractivity contribution in [3.05, 3.63) is 30.4 Å². The van der Waals surface area contributed by atoms with E-state index in [4.69, 9.17) is 4.74 Å². The van der Waals surface area contributed by atoms with Gasteiger partial charge in [0.2, 0.25) is 0 Å². The average Bonchev–Trinajstić information content (AvgIpc) is 3.19. The maximum absolute atomic E-state index is 5.65. The van der Waals surface area contributed by atoms with Crippen LogP contribution in [0.5, 0.6) is 0 Å². The summed E-state index contributed by atoms with van der Waals surface area (Å²) < 4.78 is 9.59. The van der Waals surface area contributed by atoms with Crippen LogP contribution >= 0.6 is 0 Å². The van der Waals surface area contributed by atoms with Gasteiger partial charge in [0.25, 0.3) is 0 Å². The van der Waals surface area contributed by atoms with Crippen LogP contribution in [0.1, 0.15) is 51.3 Å². The SMILES string of the molecule is CC(C)n1cc([C@H](C)Nc2cnn(C[C@@H]3CCCO3)c2)cn1. The third-order valence-electron chi connectivity index (χ3n) is 4.08. The molecule has 0 aromatic carbocycles. The Morgan fingerprint density at radius 3 is 2.82 bits per heavy atom. The van der Waals surface area contributed by atoms with Gasteiger partial charge in [0.1, 0.15) is 0 Å². The molecule has 1 aliphatic rings. The van der Waals surface area contributed by atoms with Gasteiger partial charge < -0.3 is 10.1 Å². The van der Waals surface area contributed by atoms with E-state index < -0.39 is 0 Å². The first-order valence-corrected chi connectivity index (χ1v) is 8.06. The quantitative estimate of drug-likeness (QED) is 0.891. The molecular formula is C16H25N5O. The van der Waals surface area contributed by atoms with Crippen LogP contribution in [0.2, 0.25) is 0 Å². The Morgan fingerprint density at radius 2 is 2.14 bits per heavy atom. The molecule has 120 valence electrons. The highest BCUT2D eigenvalue weighted by Gasteiger charge is 2.17. The first kappa shape index (κ1) is 15.1. The van der Waals surface area contributed by atoms with Crippen molar-refractivity contribution in [3.63, 3.8) is 0 Å². The lowest BCUT2D eigenvalue weighted by atomic mass is 10.2. The Balaban J connectivity index is 1.58. The fourth-order valence-corrected chi connectivity index (χ4v) is 2.73. The van der Waals surface area contributed by atoms with E-state index in [1.807, 2.05) is 28.0 Å². The fraction of sp³-hybridized carbons (Fsp3) is 0.625. The summed E-state index contributed by atoms with van der Waals surface area (Å²) in [6.45, 7) is 8.11. The largest absolute Gasteiger partial charge is 0.376 e. The average molecular weight is 303 g/mol. The van der Waals surface area contributed by atoms with E-state index in [-0.39, 0.29) is 6.04 Å². The Hall–Kier alpha value is -1.82. The van der Waals surface area contributed by atoms with Crippen molar-refractivity contribution >= 4 is 5.69 Å². The number of rotatable bonds is 6. The number of hydrogen-bond donors (Lipinski definition) is 1. The molecule has 6 heteroatoms. The second-order valence-corrected chi connectivity index (χ2v) is 6.30. The molecule has 0 amide bonds. The number of ether oxygens (including phenoxy) is 1. The molecule has 1 saturated heterocycles. The smallest absolute Gasteiger partial charge is 0.0771 e. The maximum Gasteiger partial charge on any atom is 0.0771 e. The molecule has 3 rings (SSSR count). The molecular weight excluding hydrogens is 278 g/mol. The molecule has 2 atom stereocenters. The Morgan fingerprint density at radius 1 is 1.27 bits per heavy atom. The number of hydrogen-bond acceptors (Lipinski definition) is 4. The summed E-state index contributed by atoms with van der Waals surface area (Å²) in [5, 5.41) is 12.3. The van der Waals surface area contributed by atoms with Crippen molar-refractivity contribution in [1.82, 2.24) is 19.6 Å². The van der Waals surface area contributed by atoms with E-state index in [0.29, 0.717) is 12.1 Å². The van der Waals surface area contributed by atoms with Gasteiger partial charge in [0.15, 0.2) is 0 Å². The van der Waals surface area contributed by atoms with Gasteiger partial charge in [-0.1, -0.05) is 0 Å². The Kier molecular flexibility index (Phi) is 4.47. The van der Waals surface area contributed by atoms with Crippen LogP contribution in [-0.4, -0.2) is 32.3 Å². The first-order valence-electron chi connectivity index (χ1n) is 8.06. The lowest BCUT2D eigenvalue weighted by molar-refractivity contribution is 0.0940. The van der Waals surface area contributed by atoms with Crippen molar-refractivity contribution in [2.24, 2.45) is 0 Å². The lowest BCUT2D eigenvalue weighted by Gasteiger charge is -2.12. The zero-order valence-electron chi connectivity index (χ0n) is 13.6. The van der Waals surface area contributed by atoms with Gasteiger partial charge >= 0.3 is 0 Å². The zero-order valence-corrected chi connectivity index (χ0v) is 13.6. The molecule has 3 heterocycles. The lowest BCUT2D eigenvalue weighted by Crippen LogP contribution is -2.15. The molecule has 0 saturated carbocycles. The monoisotopic (exact) mass is 303 g/mol. The molecule has 22 heavy (non-hydrogen) atoms. The molecule has 1 fully saturated rings. The van der Waals surface area contributed by atoms with Crippen molar-refractivity contribution in [1.29, 1.82) is 0 Å². The van der Waals surface area contributed by atoms with Gasteiger partial charge in [0.05, 0.1) is 36.8 Å². The molecule has 0 spiro atoms. The van der Waals surface area contributed by atoms with E-state index >= 15 is 0 Å². The minimum absolute atomic E-state index is 0.202. The van der Waals surface area contributed by atoms with Crippen LogP contribution in [0, 0.1) is 0 Å². The number of nitrogens with one attached hydrogen (secondary N) is 1. The summed E-state index contributed by atoms with van der Waals surface area (Å²) >= 11 is 0. The molecule has 1 aliphatic heterocycles. The van der Waals surface area contributed by atoms with Crippen LogP contribution in [0.25, 0.3) is 0 Å². The number of anilines is 1. The highest BCUT2D eigenvalue weighted by atomic mass is 16.5. The van der Waals surface area contributed by atoms with Crippen LogP contribution in [0.4, 0.5) is 5.69 Å². The molecule has 1 N–H and O–H groups in total. The second-order valence-electron chi connectivity index (χ2n) is 6.30. The van der Waals surface area contributed by atoms with E-state index in [0.717, 1.165) is 31.7 Å². The van der Waals surface area contributed by atoms with E-state index in [2.05, 4.69) is 42.5 Å². The van der Waals surface area contributed by atoms with Crippen molar-refractivity contribution in [3.8, 4) is 0 Å². The van der Waals surface area contributed by atoms with Gasteiger partial charge in [-0.05, 0) is 33.6 Å². The number of nitrogens with zero attached hydrogens (tertiary/aromatic N) is 4. The van der Waals surface area contributed by atoms with Crippen molar-refractivity contribution in [2.45, 2.75) is 58.3 Å². The van der Waals surface area contributed by atoms with Gasteiger partial charge in [0, 0.05) is 30.6 Å². The molecule has 0 radical (unpaired) electrons. The van der Waals surface area contributed by atoms with Gasteiger partial charge in [-0.15, -0.1) is 0 Å². The van der Waals surface area contributed by atoms with Gasteiger partial charge in [-0.2, -0.15) is 10.2 Å². The summed E-state index contributed by atoms with van der Waals surface area (Å²) in [5.74, 6) is 0. The normalized spacial score (nSPS) is 19.7. The molecule has 0 unspecified atom stereocenters. The minimum Gasteiger partial charge on any atom is -0.376 e. The molecule has 6 nitrogen and oxygen atoms in total. The standard InChI is InChI=1S/C16H25N5O/c1-12(2)21-9-14(7-18-21)13(3)19-15-8-17-20(10-15)11-16-5-4-6-22-16/h7-10,12-13,16,19H,4-6,11H2,1-3H3/t13-,16-/m0/s1. The van der Waals surface area contributed by atoms with E-state index in [1.165, 1.54) is 5.56 Å². The minimum atomic E-state index is 0.202. The molecule has 2 aromatic rings. The Bertz CT molecular complexity index is 597. The number of aromatic nitrogens is 4. The summed E-state index contributed by atoms with van der Waals surface area (Å²) in [6.07, 6.45) is 10.5. The summed E-state index contributed by atoms with van der Waals surface area (Å²) in [7, 11) is 0. The van der Waals surface area contributed by atoms with Crippen molar-refractivity contribution < 1.29 is 4.74 Å². The highest BCUT2D eigenvalue weighted by Crippen LogP contribution is 2.20. The summed E-state index contributed by atoms with van der Waals surface area (Å²) in [4.78, 5) is 0. The summed E-state index contributed by atoms with van der Waals surface area (Å²) in [6, 6.07) is 0.586. The molecule has 2 aromatic heterocycles. The molecule has 0 aliphatic carbocycles. The second kappa shape index (κ2) is 6.52. The van der Waals surface area contributed by atoms with Gasteiger partial charge in [-0.3, -0.25) is 9.36 Å². The van der Waals surface area contributed by atoms with Crippen LogP contribution in [0.3, 0.4) is 0 Å². The fourth-order valence-electron chi connectivity index (χ4n) is 2.73. The topological polar surface area (TPSA) is 56.9 Å². The van der Waals surface area contributed by atoms with Gasteiger partial charge in [-0.25, -0.2) is 0 Å². The predicted molar refractivity (Wildman–Crippen MR) is 85.9 cm³/mol. The predicted octanol–water partition coefficient (Wildman–Crippen LogP) is 3.01. The third-order valence-corrected chi connectivity index (χ3v) is 4.08. The van der Waals surface area contributed by atoms with Crippen molar-refractivity contribution in [2.75, 3.05) is 11.9 Å². The highest BCUT2D eigenvalue weighted by molar-refractivity contribution is 5.40. The Labute approximate surface area is 131 Å². The third kappa shape index (κ3) is 3.50. The molecule has 0 bridgehead atoms.